The number of carbonyl (C=O) groups excluding carboxylic acids is 2. The van der Waals surface area contributed by atoms with E-state index in [1.165, 1.54) is 4.68 Å². The third-order valence-electron chi connectivity index (χ3n) is 5.45. The molecule has 0 radical (unpaired) electrons. The van der Waals surface area contributed by atoms with Crippen molar-refractivity contribution < 1.29 is 9.59 Å². The molecule has 0 aliphatic heterocycles. The van der Waals surface area contributed by atoms with Gasteiger partial charge in [0.1, 0.15) is 5.41 Å². The second-order valence-corrected chi connectivity index (χ2v) is 7.44. The smallest absolute Gasteiger partial charge is 0.271 e. The molecule has 1 aromatic heterocycles. The van der Waals surface area contributed by atoms with Crippen molar-refractivity contribution in [1.82, 2.24) is 20.6 Å². The molecular weight excluding hydrogens is 370 g/mol. The Labute approximate surface area is 168 Å². The van der Waals surface area contributed by atoms with E-state index in [9.17, 15) is 19.6 Å². The third-order valence-corrected chi connectivity index (χ3v) is 5.45. The molecule has 1 aliphatic rings. The zero-order chi connectivity index (χ0) is 20.9. The van der Waals surface area contributed by atoms with Crippen LogP contribution in [0.3, 0.4) is 0 Å². The Morgan fingerprint density at radius 1 is 1.17 bits per heavy atom. The molecule has 29 heavy (non-hydrogen) atoms. The largest absolute Gasteiger partial charge is 0.290 e. The number of nitrogens with one attached hydrogen (secondary N) is 2. The standard InChI is InChI=1S/C21H25N5O3/c1-2-3-8-13-26-19(28)16-10-5-4-9-15(16)17(25-26)18(27)23-24-20(29)21(14-22)11-6-7-12-21/h4-5,9-10H,2-3,6-8,11-13H2,1H3,(H,23,27)(H,24,29). The van der Waals surface area contributed by atoms with Crippen LogP contribution in [0.25, 0.3) is 10.8 Å². The Morgan fingerprint density at radius 2 is 1.86 bits per heavy atom. The number of aryl methyl sites for hydroxylation is 1. The van der Waals surface area contributed by atoms with E-state index in [0.717, 1.165) is 32.1 Å². The molecule has 1 aromatic carbocycles. The minimum Gasteiger partial charge on any atom is -0.271 e. The van der Waals surface area contributed by atoms with Crippen molar-refractivity contribution in [3.8, 4) is 6.07 Å². The maximum Gasteiger partial charge on any atom is 0.290 e. The van der Waals surface area contributed by atoms with Gasteiger partial charge in [-0.1, -0.05) is 50.8 Å². The zero-order valence-corrected chi connectivity index (χ0v) is 16.5. The molecule has 0 saturated heterocycles. The van der Waals surface area contributed by atoms with Gasteiger partial charge in [0.05, 0.1) is 11.5 Å². The monoisotopic (exact) mass is 395 g/mol. The molecule has 0 spiro atoms. The van der Waals surface area contributed by atoms with Crippen LogP contribution in [0.15, 0.2) is 29.1 Å². The Morgan fingerprint density at radius 3 is 2.52 bits per heavy atom. The van der Waals surface area contributed by atoms with E-state index in [1.807, 2.05) is 0 Å². The van der Waals surface area contributed by atoms with E-state index in [1.54, 1.807) is 24.3 Å². The molecule has 8 heteroatoms. The number of nitrogens with zero attached hydrogens (tertiary/aromatic N) is 3. The lowest BCUT2D eigenvalue weighted by Crippen LogP contribution is -2.48. The van der Waals surface area contributed by atoms with Crippen molar-refractivity contribution in [2.45, 2.75) is 58.4 Å². The number of fused-ring (bicyclic) bond motifs is 1. The molecule has 0 unspecified atom stereocenters. The summed E-state index contributed by atoms with van der Waals surface area (Å²) in [7, 11) is 0. The first kappa shape index (κ1) is 20.5. The summed E-state index contributed by atoms with van der Waals surface area (Å²) in [5, 5.41) is 14.5. The first-order valence-corrected chi connectivity index (χ1v) is 10.0. The van der Waals surface area contributed by atoms with E-state index in [0.29, 0.717) is 30.2 Å². The van der Waals surface area contributed by atoms with Gasteiger partial charge in [-0.15, -0.1) is 0 Å². The highest BCUT2D eigenvalue weighted by atomic mass is 16.2. The van der Waals surface area contributed by atoms with Gasteiger partial charge in [0.15, 0.2) is 5.69 Å². The maximum atomic E-state index is 12.8. The summed E-state index contributed by atoms with van der Waals surface area (Å²) in [6.07, 6.45) is 5.32. The van der Waals surface area contributed by atoms with Crippen molar-refractivity contribution in [1.29, 1.82) is 5.26 Å². The summed E-state index contributed by atoms with van der Waals surface area (Å²) in [5.74, 6) is -1.13. The lowest BCUT2D eigenvalue weighted by atomic mass is 9.87. The van der Waals surface area contributed by atoms with Crippen LogP contribution in [0.2, 0.25) is 0 Å². The number of hydrazine groups is 1. The minimum absolute atomic E-state index is 0.0643. The fourth-order valence-corrected chi connectivity index (χ4v) is 3.73. The number of hydrogen-bond acceptors (Lipinski definition) is 5. The molecule has 2 amide bonds. The van der Waals surface area contributed by atoms with Crippen LogP contribution in [0.1, 0.15) is 62.4 Å². The summed E-state index contributed by atoms with van der Waals surface area (Å²) >= 11 is 0. The number of hydrogen-bond donors (Lipinski definition) is 2. The van der Waals surface area contributed by atoms with E-state index in [-0.39, 0.29) is 11.3 Å². The molecule has 1 saturated carbocycles. The highest BCUT2D eigenvalue weighted by molar-refractivity contribution is 6.05. The molecule has 2 aromatic rings. The average molecular weight is 395 g/mol. The summed E-state index contributed by atoms with van der Waals surface area (Å²) < 4.78 is 1.31. The number of rotatable bonds is 6. The van der Waals surface area contributed by atoms with Crippen LogP contribution < -0.4 is 16.4 Å². The Hall–Kier alpha value is -3.21. The molecule has 3 rings (SSSR count). The van der Waals surface area contributed by atoms with Gasteiger partial charge in [-0.05, 0) is 25.3 Å². The Kier molecular flexibility index (Phi) is 6.27. The first-order chi connectivity index (χ1) is 14.0. The minimum atomic E-state index is -1.10. The topological polar surface area (TPSA) is 117 Å². The van der Waals surface area contributed by atoms with Gasteiger partial charge in [-0.2, -0.15) is 10.4 Å². The van der Waals surface area contributed by atoms with Crippen LogP contribution in [0.5, 0.6) is 0 Å². The quantitative estimate of drug-likeness (QED) is 0.575. The van der Waals surface area contributed by atoms with Gasteiger partial charge < -0.3 is 0 Å². The lowest BCUT2D eigenvalue weighted by Gasteiger charge is -2.19. The lowest BCUT2D eigenvalue weighted by molar-refractivity contribution is -0.128. The van der Waals surface area contributed by atoms with Crippen LogP contribution in [0.4, 0.5) is 0 Å². The van der Waals surface area contributed by atoms with Gasteiger partial charge in [0.25, 0.3) is 17.4 Å². The number of aromatic nitrogens is 2. The van der Waals surface area contributed by atoms with Crippen molar-refractivity contribution in [2.24, 2.45) is 5.41 Å². The summed E-state index contributed by atoms with van der Waals surface area (Å²) in [6, 6.07) is 8.87. The van der Waals surface area contributed by atoms with Crippen molar-refractivity contribution in [3.63, 3.8) is 0 Å². The summed E-state index contributed by atoms with van der Waals surface area (Å²) in [4.78, 5) is 37.9. The van der Waals surface area contributed by atoms with Gasteiger partial charge >= 0.3 is 0 Å². The molecule has 0 atom stereocenters. The molecule has 1 fully saturated rings. The number of benzene rings is 1. The van der Waals surface area contributed by atoms with Crippen LogP contribution in [0, 0.1) is 16.7 Å². The number of carbonyl (C=O) groups is 2. The van der Waals surface area contributed by atoms with Crippen LogP contribution >= 0.6 is 0 Å². The van der Waals surface area contributed by atoms with Crippen LogP contribution in [-0.2, 0) is 11.3 Å². The number of amides is 2. The van der Waals surface area contributed by atoms with E-state index < -0.39 is 17.2 Å². The molecule has 8 nitrogen and oxygen atoms in total. The first-order valence-electron chi connectivity index (χ1n) is 10.0. The molecule has 0 bridgehead atoms. The second kappa shape index (κ2) is 8.86. The van der Waals surface area contributed by atoms with E-state index in [4.69, 9.17) is 0 Å². The fraction of sp³-hybridized carbons (Fsp3) is 0.476. The Bertz CT molecular complexity index is 1020. The third kappa shape index (κ3) is 4.14. The summed E-state index contributed by atoms with van der Waals surface area (Å²) in [6.45, 7) is 2.48. The number of unbranched alkanes of at least 4 members (excludes halogenated alkanes) is 2. The highest BCUT2D eigenvalue weighted by Crippen LogP contribution is 2.37. The molecule has 1 aliphatic carbocycles. The van der Waals surface area contributed by atoms with Crippen molar-refractivity contribution in [3.05, 3.63) is 40.3 Å². The molecular formula is C21H25N5O3. The molecule has 1 heterocycles. The SMILES string of the molecule is CCCCCn1nc(C(=O)NNC(=O)C2(C#N)CCCC2)c2ccccc2c1=O. The average Bonchev–Trinajstić information content (AvgIpc) is 3.24. The van der Waals surface area contributed by atoms with Crippen LogP contribution in [-0.4, -0.2) is 21.6 Å². The van der Waals surface area contributed by atoms with Gasteiger partial charge in [-0.3, -0.25) is 25.2 Å². The van der Waals surface area contributed by atoms with Crippen molar-refractivity contribution >= 4 is 22.6 Å². The van der Waals surface area contributed by atoms with Gasteiger partial charge in [0.2, 0.25) is 0 Å². The Balaban J connectivity index is 1.85. The maximum absolute atomic E-state index is 12.8. The predicted octanol–water partition coefficient (Wildman–Crippen LogP) is 2.43. The second-order valence-electron chi connectivity index (χ2n) is 7.44. The number of nitriles is 1. The van der Waals surface area contributed by atoms with E-state index >= 15 is 0 Å². The van der Waals surface area contributed by atoms with Gasteiger partial charge in [-0.25, -0.2) is 4.68 Å². The highest BCUT2D eigenvalue weighted by Gasteiger charge is 2.41. The predicted molar refractivity (Wildman–Crippen MR) is 108 cm³/mol. The summed E-state index contributed by atoms with van der Waals surface area (Å²) in [5.41, 5.74) is 3.48. The zero-order valence-electron chi connectivity index (χ0n) is 16.5. The fourth-order valence-electron chi connectivity index (χ4n) is 3.73. The normalized spacial score (nSPS) is 15.0. The van der Waals surface area contributed by atoms with Crippen molar-refractivity contribution in [2.75, 3.05) is 0 Å². The van der Waals surface area contributed by atoms with Gasteiger partial charge in [0, 0.05) is 11.9 Å². The van der Waals surface area contributed by atoms with E-state index in [2.05, 4.69) is 28.9 Å². The molecule has 2 N–H and O–H groups in total. The molecule has 152 valence electrons.